The number of halogens is 2. The summed E-state index contributed by atoms with van der Waals surface area (Å²) in [6.45, 7) is 5.70. The zero-order valence-electron chi connectivity index (χ0n) is 10.4. The van der Waals surface area contributed by atoms with E-state index >= 15 is 0 Å². The molecule has 1 atom stereocenters. The molecule has 1 aromatic rings. The van der Waals surface area contributed by atoms with E-state index in [0.29, 0.717) is 5.41 Å². The summed E-state index contributed by atoms with van der Waals surface area (Å²) in [5.41, 5.74) is 1.75. The van der Waals surface area contributed by atoms with Crippen LogP contribution >= 0.6 is 23.2 Å². The molecular weight excluding hydrogens is 267 g/mol. The second-order valence-corrected chi connectivity index (χ2v) is 6.54. The Morgan fingerprint density at radius 2 is 1.94 bits per heavy atom. The van der Waals surface area contributed by atoms with Gasteiger partial charge in [-0.1, -0.05) is 23.2 Å². The van der Waals surface area contributed by atoms with Crippen molar-refractivity contribution < 1.29 is 0 Å². The van der Waals surface area contributed by atoms with Gasteiger partial charge in [0.25, 0.3) is 0 Å². The molecule has 2 aliphatic rings. The van der Waals surface area contributed by atoms with E-state index in [1.165, 1.54) is 44.6 Å². The van der Waals surface area contributed by atoms with Crippen LogP contribution in [0.3, 0.4) is 0 Å². The van der Waals surface area contributed by atoms with Gasteiger partial charge in [-0.25, -0.2) is 0 Å². The van der Waals surface area contributed by atoms with Crippen LogP contribution in [0.15, 0.2) is 18.2 Å². The average Bonchev–Trinajstić information content (AvgIpc) is 2.89. The van der Waals surface area contributed by atoms with E-state index in [2.05, 4.69) is 10.2 Å². The Balaban J connectivity index is 1.67. The Morgan fingerprint density at radius 1 is 1.17 bits per heavy atom. The summed E-state index contributed by atoms with van der Waals surface area (Å²) in [4.78, 5) is 2.52. The molecule has 18 heavy (non-hydrogen) atoms. The fourth-order valence-electron chi connectivity index (χ4n) is 3.27. The topological polar surface area (TPSA) is 15.3 Å². The predicted molar refractivity (Wildman–Crippen MR) is 76.3 cm³/mol. The van der Waals surface area contributed by atoms with Crippen molar-refractivity contribution in [3.05, 3.63) is 33.8 Å². The molecule has 3 rings (SSSR count). The molecule has 0 radical (unpaired) electrons. The number of hydrogen-bond acceptors (Lipinski definition) is 2. The van der Waals surface area contributed by atoms with Crippen molar-refractivity contribution >= 4 is 23.2 Å². The molecule has 0 aliphatic carbocycles. The first kappa shape index (κ1) is 12.7. The lowest BCUT2D eigenvalue weighted by molar-refractivity contribution is 0.268. The van der Waals surface area contributed by atoms with Crippen LogP contribution in [-0.4, -0.2) is 31.1 Å². The van der Waals surface area contributed by atoms with E-state index in [1.54, 1.807) is 6.07 Å². The summed E-state index contributed by atoms with van der Waals surface area (Å²) < 4.78 is 0. The van der Waals surface area contributed by atoms with Crippen molar-refractivity contribution in [2.24, 2.45) is 5.41 Å². The lowest BCUT2D eigenvalue weighted by Crippen LogP contribution is -2.28. The zero-order chi connectivity index (χ0) is 12.6. The maximum absolute atomic E-state index is 6.04. The third kappa shape index (κ3) is 2.67. The van der Waals surface area contributed by atoms with Crippen molar-refractivity contribution in [2.45, 2.75) is 19.4 Å². The van der Waals surface area contributed by atoms with Gasteiger partial charge < -0.3 is 5.32 Å². The van der Waals surface area contributed by atoms with Crippen molar-refractivity contribution in [2.75, 3.05) is 26.2 Å². The second kappa shape index (κ2) is 5.01. The Bertz CT molecular complexity index is 421. The van der Waals surface area contributed by atoms with Gasteiger partial charge in [-0.05, 0) is 55.1 Å². The minimum atomic E-state index is 0.530. The van der Waals surface area contributed by atoms with Gasteiger partial charge in [0.15, 0.2) is 0 Å². The Morgan fingerprint density at radius 3 is 2.61 bits per heavy atom. The maximum Gasteiger partial charge on any atom is 0.0424 e. The molecule has 0 saturated carbocycles. The molecular formula is C14H18Cl2N2. The standard InChI is InChI=1S/C14H18Cl2N2/c15-12-5-11(6-13(16)7-12)8-18-4-2-14(10-18)1-3-17-9-14/h5-7,17H,1-4,8-10H2. The lowest BCUT2D eigenvalue weighted by atomic mass is 9.87. The molecule has 1 N–H and O–H groups in total. The highest BCUT2D eigenvalue weighted by Gasteiger charge is 2.39. The minimum Gasteiger partial charge on any atom is -0.316 e. The summed E-state index contributed by atoms with van der Waals surface area (Å²) >= 11 is 12.1. The lowest BCUT2D eigenvalue weighted by Gasteiger charge is -2.23. The van der Waals surface area contributed by atoms with Crippen LogP contribution in [0.25, 0.3) is 0 Å². The van der Waals surface area contributed by atoms with Gasteiger partial charge >= 0.3 is 0 Å². The zero-order valence-corrected chi connectivity index (χ0v) is 11.9. The summed E-state index contributed by atoms with van der Waals surface area (Å²) in [5.74, 6) is 0. The van der Waals surface area contributed by atoms with Crippen molar-refractivity contribution in [1.82, 2.24) is 10.2 Å². The third-order valence-electron chi connectivity index (χ3n) is 4.18. The van der Waals surface area contributed by atoms with Crippen molar-refractivity contribution in [3.8, 4) is 0 Å². The molecule has 1 spiro atoms. The minimum absolute atomic E-state index is 0.530. The molecule has 0 aromatic heterocycles. The SMILES string of the molecule is Clc1cc(Cl)cc(CN2CCC3(CCNC3)C2)c1. The summed E-state index contributed by atoms with van der Waals surface area (Å²) in [6.07, 6.45) is 2.63. The first-order chi connectivity index (χ1) is 8.65. The smallest absolute Gasteiger partial charge is 0.0424 e. The van der Waals surface area contributed by atoms with Crippen LogP contribution in [0.4, 0.5) is 0 Å². The van der Waals surface area contributed by atoms with Gasteiger partial charge in [0.2, 0.25) is 0 Å². The van der Waals surface area contributed by atoms with E-state index in [0.717, 1.165) is 16.6 Å². The fraction of sp³-hybridized carbons (Fsp3) is 0.571. The first-order valence-electron chi connectivity index (χ1n) is 6.53. The average molecular weight is 285 g/mol. The van der Waals surface area contributed by atoms with E-state index < -0.39 is 0 Å². The van der Waals surface area contributed by atoms with Gasteiger partial charge in [-0.3, -0.25) is 4.90 Å². The van der Waals surface area contributed by atoms with Crippen LogP contribution in [0.5, 0.6) is 0 Å². The highest BCUT2D eigenvalue weighted by atomic mass is 35.5. The molecule has 0 amide bonds. The Hall–Kier alpha value is -0.280. The van der Waals surface area contributed by atoms with Crippen LogP contribution < -0.4 is 5.32 Å². The predicted octanol–water partition coefficient (Wildman–Crippen LogP) is 3.18. The second-order valence-electron chi connectivity index (χ2n) is 5.67. The molecule has 0 bridgehead atoms. The molecule has 1 aromatic carbocycles. The number of nitrogens with one attached hydrogen (secondary N) is 1. The van der Waals surface area contributed by atoms with Gasteiger partial charge in [0, 0.05) is 29.7 Å². The third-order valence-corrected chi connectivity index (χ3v) is 4.61. The molecule has 4 heteroatoms. The molecule has 2 nitrogen and oxygen atoms in total. The quantitative estimate of drug-likeness (QED) is 0.897. The number of rotatable bonds is 2. The molecule has 2 fully saturated rings. The van der Waals surface area contributed by atoms with Gasteiger partial charge in [0.05, 0.1) is 0 Å². The van der Waals surface area contributed by atoms with E-state index in [4.69, 9.17) is 23.2 Å². The van der Waals surface area contributed by atoms with Gasteiger partial charge in [-0.15, -0.1) is 0 Å². The first-order valence-corrected chi connectivity index (χ1v) is 7.29. The van der Waals surface area contributed by atoms with Gasteiger partial charge in [0.1, 0.15) is 0 Å². The van der Waals surface area contributed by atoms with Crippen LogP contribution in [-0.2, 0) is 6.54 Å². The maximum atomic E-state index is 6.04. The summed E-state index contributed by atoms with van der Waals surface area (Å²) in [6, 6.07) is 5.83. The van der Waals surface area contributed by atoms with E-state index in [1.807, 2.05) is 12.1 Å². The van der Waals surface area contributed by atoms with Crippen molar-refractivity contribution in [3.63, 3.8) is 0 Å². The summed E-state index contributed by atoms with van der Waals surface area (Å²) in [7, 11) is 0. The highest BCUT2D eigenvalue weighted by Crippen LogP contribution is 2.36. The monoisotopic (exact) mass is 284 g/mol. The molecule has 98 valence electrons. The van der Waals surface area contributed by atoms with Crippen LogP contribution in [0, 0.1) is 5.41 Å². The van der Waals surface area contributed by atoms with Crippen LogP contribution in [0.2, 0.25) is 10.0 Å². The number of nitrogens with zero attached hydrogens (tertiary/aromatic N) is 1. The fourth-order valence-corrected chi connectivity index (χ4v) is 3.84. The molecule has 2 aliphatic heterocycles. The number of hydrogen-bond donors (Lipinski definition) is 1. The molecule has 2 saturated heterocycles. The molecule has 1 unspecified atom stereocenters. The van der Waals surface area contributed by atoms with Gasteiger partial charge in [-0.2, -0.15) is 0 Å². The Kier molecular flexibility index (Phi) is 3.55. The van der Waals surface area contributed by atoms with E-state index in [9.17, 15) is 0 Å². The molecule has 2 heterocycles. The van der Waals surface area contributed by atoms with E-state index in [-0.39, 0.29) is 0 Å². The number of likely N-dealkylation sites (tertiary alicyclic amines) is 1. The number of benzene rings is 1. The normalized spacial score (nSPS) is 28.3. The van der Waals surface area contributed by atoms with Crippen LogP contribution in [0.1, 0.15) is 18.4 Å². The summed E-state index contributed by atoms with van der Waals surface area (Å²) in [5, 5.41) is 4.95. The largest absolute Gasteiger partial charge is 0.316 e. The van der Waals surface area contributed by atoms with Crippen molar-refractivity contribution in [1.29, 1.82) is 0 Å². The Labute approximate surface area is 118 Å². The highest BCUT2D eigenvalue weighted by molar-refractivity contribution is 6.34.